The lowest BCUT2D eigenvalue weighted by molar-refractivity contribution is -0.344. The predicted molar refractivity (Wildman–Crippen MR) is 132 cm³/mol. The summed E-state index contributed by atoms with van der Waals surface area (Å²) in [5, 5.41) is 91.4. The van der Waals surface area contributed by atoms with Gasteiger partial charge in [0, 0.05) is 12.1 Å². The van der Waals surface area contributed by atoms with Gasteiger partial charge >= 0.3 is 11.3 Å². The molecule has 0 radical (unpaired) electrons. The fourth-order valence-corrected chi connectivity index (χ4v) is 4.56. The molecule has 0 saturated carbocycles. The number of fused-ring (bicyclic) bond motifs is 1. The standard InChI is InChI=1S/C26H28O14/c27-8-18-20(33)21(34)24(40-25-22(35)19(32)15(31)9-36-25)26(39-18)38-17-7-13-14(30)5-12(29)6-16(13)37-23(17)10-1-3-11(28)4-2-10/h1-7,15,18-22,24-27,31-35H,8-9H2,(H2-,28,29,30)/p+1/t15-,18-,19+,20-,21+,22-,24-,25+,26-/m1/s1. The number of phenols is 3. The van der Waals surface area contributed by atoms with Crippen LogP contribution in [0.3, 0.4) is 0 Å². The van der Waals surface area contributed by atoms with Gasteiger partial charge in [-0.15, -0.1) is 0 Å². The van der Waals surface area contributed by atoms with E-state index in [2.05, 4.69) is 0 Å². The molecule has 0 unspecified atom stereocenters. The minimum absolute atomic E-state index is 0.0346. The lowest BCUT2D eigenvalue weighted by atomic mass is 9.98. The molecule has 9 N–H and O–H groups in total. The normalized spacial score (nSPS) is 32.7. The third kappa shape index (κ3) is 5.36. The molecule has 0 aliphatic carbocycles. The van der Waals surface area contributed by atoms with Crippen LogP contribution >= 0.6 is 0 Å². The summed E-state index contributed by atoms with van der Waals surface area (Å²) >= 11 is 0. The van der Waals surface area contributed by atoms with Gasteiger partial charge in [-0.1, -0.05) is 0 Å². The molecule has 2 aromatic carbocycles. The molecular formula is C26H29O14+. The molecule has 2 aliphatic rings. The SMILES string of the molecule is OC[C@H]1O[C@@H](Oc2cc3c(O)cc(O)cc3[o+]c2-c2ccc(O)cc2)[C@H](O[C@@H]2OC[C@@H](O)[C@H](O)[C@H]2O)[C@@H](O)[C@@H]1O. The van der Waals surface area contributed by atoms with Crippen LogP contribution in [0.4, 0.5) is 0 Å². The van der Waals surface area contributed by atoms with Crippen molar-refractivity contribution in [3.8, 4) is 34.3 Å². The van der Waals surface area contributed by atoms with Crippen LogP contribution < -0.4 is 4.74 Å². The summed E-state index contributed by atoms with van der Waals surface area (Å²) in [6.07, 6.45) is -14.3. The van der Waals surface area contributed by atoms with Gasteiger partial charge in [-0.25, -0.2) is 4.42 Å². The van der Waals surface area contributed by atoms with Crippen molar-refractivity contribution >= 4 is 11.0 Å². The molecule has 2 aliphatic heterocycles. The zero-order valence-corrected chi connectivity index (χ0v) is 20.7. The number of aliphatic hydroxyl groups is 6. The smallest absolute Gasteiger partial charge is 0.402 e. The largest absolute Gasteiger partial charge is 0.508 e. The van der Waals surface area contributed by atoms with Gasteiger partial charge in [-0.2, -0.15) is 0 Å². The summed E-state index contributed by atoms with van der Waals surface area (Å²) < 4.78 is 28.6. The Balaban J connectivity index is 1.55. The fourth-order valence-electron chi connectivity index (χ4n) is 4.56. The third-order valence-corrected chi connectivity index (χ3v) is 6.76. The highest BCUT2D eigenvalue weighted by Crippen LogP contribution is 2.41. The Kier molecular flexibility index (Phi) is 7.96. The van der Waals surface area contributed by atoms with Crippen molar-refractivity contribution in [2.24, 2.45) is 0 Å². The minimum atomic E-state index is -1.75. The first-order valence-corrected chi connectivity index (χ1v) is 12.3. The molecule has 2 fully saturated rings. The van der Waals surface area contributed by atoms with E-state index in [1.165, 1.54) is 36.4 Å². The van der Waals surface area contributed by atoms with Crippen molar-refractivity contribution in [2.45, 2.75) is 55.3 Å². The first kappa shape index (κ1) is 28.2. The van der Waals surface area contributed by atoms with Gasteiger partial charge in [0.15, 0.2) is 12.4 Å². The van der Waals surface area contributed by atoms with Crippen molar-refractivity contribution in [3.63, 3.8) is 0 Å². The summed E-state index contributed by atoms with van der Waals surface area (Å²) in [6.45, 7) is -1.12. The molecule has 14 heteroatoms. The van der Waals surface area contributed by atoms with E-state index in [1.54, 1.807) is 0 Å². The van der Waals surface area contributed by atoms with Gasteiger partial charge in [-0.3, -0.25) is 0 Å². The maximum atomic E-state index is 10.9. The van der Waals surface area contributed by atoms with Gasteiger partial charge in [-0.05, 0) is 24.3 Å². The van der Waals surface area contributed by atoms with Gasteiger partial charge in [0.1, 0.15) is 59.3 Å². The Hall–Kier alpha value is -3.31. The van der Waals surface area contributed by atoms with E-state index in [0.717, 1.165) is 6.07 Å². The van der Waals surface area contributed by atoms with E-state index >= 15 is 0 Å². The molecule has 3 heterocycles. The van der Waals surface area contributed by atoms with Crippen LogP contribution in [0.5, 0.6) is 23.0 Å². The average Bonchev–Trinajstić information content (AvgIpc) is 2.93. The minimum Gasteiger partial charge on any atom is -0.508 e. The second kappa shape index (κ2) is 11.3. The van der Waals surface area contributed by atoms with Gasteiger partial charge in [0.2, 0.25) is 12.0 Å². The van der Waals surface area contributed by atoms with E-state index in [4.69, 9.17) is 23.4 Å². The zero-order valence-electron chi connectivity index (χ0n) is 20.7. The molecule has 0 bridgehead atoms. The van der Waals surface area contributed by atoms with Crippen LogP contribution in [0.1, 0.15) is 0 Å². The number of ether oxygens (including phenoxy) is 4. The second-order valence-corrected chi connectivity index (χ2v) is 9.54. The Labute approximate surface area is 226 Å². The van der Waals surface area contributed by atoms with Crippen molar-refractivity contribution in [1.82, 2.24) is 0 Å². The Morgan fingerprint density at radius 2 is 1.55 bits per heavy atom. The van der Waals surface area contributed by atoms with Crippen LogP contribution in [0.25, 0.3) is 22.3 Å². The number of phenolic OH excluding ortho intramolecular Hbond substituents is 3. The number of aliphatic hydroxyl groups excluding tert-OH is 6. The summed E-state index contributed by atoms with van der Waals surface area (Å²) in [4.78, 5) is 0. The molecule has 1 aromatic heterocycles. The van der Waals surface area contributed by atoms with Crippen LogP contribution in [0.2, 0.25) is 0 Å². The number of hydrogen-bond acceptors (Lipinski definition) is 13. The molecule has 40 heavy (non-hydrogen) atoms. The molecule has 0 spiro atoms. The summed E-state index contributed by atoms with van der Waals surface area (Å²) in [5.74, 6) is -0.711. The lowest BCUT2D eigenvalue weighted by Crippen LogP contribution is -2.63. The zero-order chi connectivity index (χ0) is 28.7. The first-order valence-electron chi connectivity index (χ1n) is 12.3. The first-order chi connectivity index (χ1) is 19.1. The number of hydrogen-bond donors (Lipinski definition) is 9. The van der Waals surface area contributed by atoms with Crippen molar-refractivity contribution in [2.75, 3.05) is 13.2 Å². The second-order valence-electron chi connectivity index (χ2n) is 9.54. The summed E-state index contributed by atoms with van der Waals surface area (Å²) in [6, 6.07) is 9.45. The molecule has 9 atom stereocenters. The van der Waals surface area contributed by atoms with Crippen LogP contribution in [-0.2, 0) is 14.2 Å². The molecule has 0 amide bonds. The van der Waals surface area contributed by atoms with Crippen molar-refractivity contribution < 1.29 is 69.3 Å². The highest BCUT2D eigenvalue weighted by Gasteiger charge is 2.50. The van der Waals surface area contributed by atoms with E-state index in [9.17, 15) is 46.0 Å². The van der Waals surface area contributed by atoms with Gasteiger partial charge in [0.05, 0.1) is 24.8 Å². The fraction of sp³-hybridized carbons (Fsp3) is 0.423. The van der Waals surface area contributed by atoms with E-state index < -0.39 is 68.5 Å². The molecule has 5 rings (SSSR count). The predicted octanol–water partition coefficient (Wildman–Crippen LogP) is -0.860. The lowest BCUT2D eigenvalue weighted by Gasteiger charge is -2.44. The highest BCUT2D eigenvalue weighted by molar-refractivity contribution is 5.88. The average molecular weight is 566 g/mol. The quantitative estimate of drug-likeness (QED) is 0.166. The van der Waals surface area contributed by atoms with Crippen molar-refractivity contribution in [3.05, 3.63) is 42.5 Å². The topological polar surface area (TPSA) is 230 Å². The Bertz CT molecular complexity index is 1330. The van der Waals surface area contributed by atoms with Gasteiger partial charge in [0.25, 0.3) is 0 Å². The molecule has 216 valence electrons. The Morgan fingerprint density at radius 3 is 2.25 bits per heavy atom. The number of benzene rings is 2. The Morgan fingerprint density at radius 1 is 0.825 bits per heavy atom. The van der Waals surface area contributed by atoms with Crippen molar-refractivity contribution in [1.29, 1.82) is 0 Å². The molecule has 2 saturated heterocycles. The molecule has 3 aromatic rings. The van der Waals surface area contributed by atoms with E-state index in [0.29, 0.717) is 5.56 Å². The molecular weight excluding hydrogens is 536 g/mol. The van der Waals surface area contributed by atoms with Crippen LogP contribution in [0, 0.1) is 0 Å². The molecule has 14 nitrogen and oxygen atoms in total. The van der Waals surface area contributed by atoms with E-state index in [-0.39, 0.29) is 39.7 Å². The summed E-state index contributed by atoms with van der Waals surface area (Å²) in [7, 11) is 0. The van der Waals surface area contributed by atoms with Gasteiger partial charge < -0.3 is 64.9 Å². The van der Waals surface area contributed by atoms with E-state index in [1.807, 2.05) is 0 Å². The number of aromatic hydroxyl groups is 3. The maximum absolute atomic E-state index is 10.9. The van der Waals surface area contributed by atoms with Crippen LogP contribution in [0.15, 0.2) is 46.9 Å². The summed E-state index contributed by atoms with van der Waals surface area (Å²) in [5.41, 5.74) is 0.452. The number of rotatable bonds is 6. The maximum Gasteiger partial charge on any atom is 0.402 e. The third-order valence-electron chi connectivity index (χ3n) is 6.76. The monoisotopic (exact) mass is 565 g/mol. The highest BCUT2D eigenvalue weighted by atomic mass is 16.8. The van der Waals surface area contributed by atoms with Crippen LogP contribution in [-0.4, -0.2) is 114 Å².